The van der Waals surface area contributed by atoms with Gasteiger partial charge in [-0.3, -0.25) is 9.78 Å². The molecule has 0 aliphatic carbocycles. The van der Waals surface area contributed by atoms with Crippen LogP contribution in [-0.4, -0.2) is 42.1 Å². The zero-order valence-electron chi connectivity index (χ0n) is 14.3. The molecule has 0 spiro atoms. The Hall–Kier alpha value is -2.20. The molecule has 1 aliphatic rings. The van der Waals surface area contributed by atoms with Crippen LogP contribution in [0.4, 0.5) is 0 Å². The molecule has 0 bridgehead atoms. The van der Waals surface area contributed by atoms with E-state index in [-0.39, 0.29) is 12.0 Å². The van der Waals surface area contributed by atoms with E-state index in [9.17, 15) is 4.79 Å². The Kier molecular flexibility index (Phi) is 5.26. The summed E-state index contributed by atoms with van der Waals surface area (Å²) in [6, 6.07) is 12.3. The molecule has 3 rings (SSSR count). The Morgan fingerprint density at radius 2 is 2.08 bits per heavy atom. The maximum absolute atomic E-state index is 12.8. The molecule has 0 radical (unpaired) electrons. The summed E-state index contributed by atoms with van der Waals surface area (Å²) in [7, 11) is 1.77. The highest BCUT2D eigenvalue weighted by Gasteiger charge is 2.32. The van der Waals surface area contributed by atoms with Crippen LogP contribution in [0.1, 0.15) is 27.9 Å². The molecule has 2 atom stereocenters. The summed E-state index contributed by atoms with van der Waals surface area (Å²) in [5, 5.41) is 0. The molecule has 1 amide bonds. The second kappa shape index (κ2) is 7.58. The Morgan fingerprint density at radius 1 is 1.29 bits per heavy atom. The number of amides is 1. The number of benzene rings is 1. The highest BCUT2D eigenvalue weighted by molar-refractivity contribution is 5.94. The van der Waals surface area contributed by atoms with Crippen molar-refractivity contribution in [1.82, 2.24) is 9.88 Å². The van der Waals surface area contributed by atoms with Crippen molar-refractivity contribution in [3.8, 4) is 0 Å². The number of rotatable bonds is 4. The molecule has 1 aliphatic heterocycles. The Morgan fingerprint density at radius 3 is 2.79 bits per heavy atom. The number of carbonyl (C=O) groups is 1. The monoisotopic (exact) mass is 324 g/mol. The molecule has 1 fully saturated rings. The summed E-state index contributed by atoms with van der Waals surface area (Å²) in [6.07, 6.45) is 5.43. The maximum Gasteiger partial charge on any atom is 0.255 e. The first-order valence-corrected chi connectivity index (χ1v) is 8.45. The van der Waals surface area contributed by atoms with E-state index >= 15 is 0 Å². The van der Waals surface area contributed by atoms with Gasteiger partial charge in [-0.1, -0.05) is 30.3 Å². The maximum atomic E-state index is 12.8. The van der Waals surface area contributed by atoms with Crippen molar-refractivity contribution >= 4 is 5.91 Å². The molecule has 0 unspecified atom stereocenters. The number of methoxy groups -OCH3 is 1. The number of nitrogens with zero attached hydrogens (tertiary/aromatic N) is 2. The molecule has 126 valence electrons. The van der Waals surface area contributed by atoms with E-state index in [1.54, 1.807) is 19.5 Å². The molecule has 2 aromatic rings. The van der Waals surface area contributed by atoms with E-state index in [0.29, 0.717) is 11.5 Å². The number of aromatic nitrogens is 1. The minimum absolute atomic E-state index is 0.0683. The minimum Gasteiger partial charge on any atom is -0.381 e. The lowest BCUT2D eigenvalue weighted by molar-refractivity contribution is -0.00300. The molecule has 1 aromatic carbocycles. The number of pyridine rings is 1. The number of likely N-dealkylation sites (tertiary alicyclic amines) is 1. The lowest BCUT2D eigenvalue weighted by Crippen LogP contribution is -2.47. The van der Waals surface area contributed by atoms with Crippen LogP contribution in [0.2, 0.25) is 0 Å². The Labute approximate surface area is 143 Å². The second-order valence-corrected chi connectivity index (χ2v) is 6.51. The van der Waals surface area contributed by atoms with Gasteiger partial charge in [-0.2, -0.15) is 0 Å². The number of ether oxygens (including phenoxy) is 1. The quantitative estimate of drug-likeness (QED) is 0.868. The smallest absolute Gasteiger partial charge is 0.255 e. The molecule has 0 N–H and O–H groups in total. The first-order valence-electron chi connectivity index (χ1n) is 8.45. The Bertz CT molecular complexity index is 687. The molecular formula is C20H24N2O2. The highest BCUT2D eigenvalue weighted by Crippen LogP contribution is 2.25. The molecular weight excluding hydrogens is 300 g/mol. The van der Waals surface area contributed by atoms with Crippen molar-refractivity contribution in [2.75, 3.05) is 20.2 Å². The number of hydrogen-bond acceptors (Lipinski definition) is 3. The summed E-state index contributed by atoms with van der Waals surface area (Å²) >= 11 is 0. The first-order chi connectivity index (χ1) is 11.7. The van der Waals surface area contributed by atoms with Crippen LogP contribution in [0.15, 0.2) is 48.8 Å². The van der Waals surface area contributed by atoms with Gasteiger partial charge < -0.3 is 9.64 Å². The van der Waals surface area contributed by atoms with Gasteiger partial charge in [-0.25, -0.2) is 0 Å². The van der Waals surface area contributed by atoms with Gasteiger partial charge in [0.25, 0.3) is 5.91 Å². The van der Waals surface area contributed by atoms with E-state index in [1.165, 1.54) is 5.56 Å². The molecule has 2 heterocycles. The summed E-state index contributed by atoms with van der Waals surface area (Å²) < 4.78 is 5.68. The van der Waals surface area contributed by atoms with E-state index in [1.807, 2.05) is 24.0 Å². The normalized spacial score (nSPS) is 20.8. The van der Waals surface area contributed by atoms with Crippen LogP contribution in [0.25, 0.3) is 0 Å². The first kappa shape index (κ1) is 16.7. The van der Waals surface area contributed by atoms with Gasteiger partial charge in [0.1, 0.15) is 0 Å². The standard InChI is InChI=1S/C20H24N2O2/c1-15-10-17(13-21-12-15)20(23)22-9-8-19(24-2)18(14-22)11-16-6-4-3-5-7-16/h3-7,10,12-13,18-19H,8-9,11,14H2,1-2H3/t18-,19+/m1/s1. The van der Waals surface area contributed by atoms with Crippen molar-refractivity contribution in [1.29, 1.82) is 0 Å². The average Bonchev–Trinajstić information content (AvgIpc) is 2.62. The van der Waals surface area contributed by atoms with Crippen molar-refractivity contribution < 1.29 is 9.53 Å². The molecule has 4 nitrogen and oxygen atoms in total. The van der Waals surface area contributed by atoms with Gasteiger partial charge in [0.2, 0.25) is 0 Å². The van der Waals surface area contributed by atoms with Crippen molar-refractivity contribution in [3.63, 3.8) is 0 Å². The zero-order chi connectivity index (χ0) is 16.9. The Balaban J connectivity index is 1.73. The number of piperidine rings is 1. The summed E-state index contributed by atoms with van der Waals surface area (Å²) in [5.41, 5.74) is 2.97. The molecule has 24 heavy (non-hydrogen) atoms. The van der Waals surface area contributed by atoms with Crippen molar-refractivity contribution in [2.45, 2.75) is 25.9 Å². The van der Waals surface area contributed by atoms with Crippen molar-refractivity contribution in [3.05, 3.63) is 65.5 Å². The van der Waals surface area contributed by atoms with Crippen LogP contribution in [0, 0.1) is 12.8 Å². The fraction of sp³-hybridized carbons (Fsp3) is 0.400. The van der Waals surface area contributed by atoms with Crippen LogP contribution in [-0.2, 0) is 11.2 Å². The summed E-state index contributed by atoms with van der Waals surface area (Å²) in [4.78, 5) is 18.9. The minimum atomic E-state index is 0.0683. The molecule has 0 saturated carbocycles. The average molecular weight is 324 g/mol. The van der Waals surface area contributed by atoms with Gasteiger partial charge >= 0.3 is 0 Å². The SMILES string of the molecule is CO[C@H]1CCN(C(=O)c2cncc(C)c2)C[C@H]1Cc1ccccc1. The lowest BCUT2D eigenvalue weighted by atomic mass is 9.88. The topological polar surface area (TPSA) is 42.4 Å². The number of hydrogen-bond donors (Lipinski definition) is 0. The van der Waals surface area contributed by atoms with Crippen LogP contribution in [0.5, 0.6) is 0 Å². The third kappa shape index (κ3) is 3.82. The van der Waals surface area contributed by atoms with Gasteiger partial charge in [0, 0.05) is 38.5 Å². The zero-order valence-corrected chi connectivity index (χ0v) is 14.3. The van der Waals surface area contributed by atoms with Crippen LogP contribution >= 0.6 is 0 Å². The molecule has 1 saturated heterocycles. The van der Waals surface area contributed by atoms with Crippen LogP contribution < -0.4 is 0 Å². The predicted molar refractivity (Wildman–Crippen MR) is 93.9 cm³/mol. The van der Waals surface area contributed by atoms with Gasteiger partial charge in [0.15, 0.2) is 0 Å². The number of aryl methyl sites for hydroxylation is 1. The highest BCUT2D eigenvalue weighted by atomic mass is 16.5. The molecule has 4 heteroatoms. The van der Waals surface area contributed by atoms with Crippen molar-refractivity contribution in [2.24, 2.45) is 5.92 Å². The fourth-order valence-electron chi connectivity index (χ4n) is 3.47. The van der Waals surface area contributed by atoms with Gasteiger partial charge in [0.05, 0.1) is 11.7 Å². The lowest BCUT2D eigenvalue weighted by Gasteiger charge is -2.38. The van der Waals surface area contributed by atoms with Crippen LogP contribution in [0.3, 0.4) is 0 Å². The number of carbonyl (C=O) groups excluding carboxylic acids is 1. The third-order valence-electron chi connectivity index (χ3n) is 4.72. The fourth-order valence-corrected chi connectivity index (χ4v) is 3.47. The summed E-state index contributed by atoms with van der Waals surface area (Å²) in [5.74, 6) is 0.381. The van der Waals surface area contributed by atoms with Gasteiger partial charge in [-0.15, -0.1) is 0 Å². The van der Waals surface area contributed by atoms with E-state index in [2.05, 4.69) is 29.2 Å². The van der Waals surface area contributed by atoms with E-state index in [4.69, 9.17) is 4.74 Å². The van der Waals surface area contributed by atoms with E-state index < -0.39 is 0 Å². The second-order valence-electron chi connectivity index (χ2n) is 6.51. The van der Waals surface area contributed by atoms with Gasteiger partial charge in [-0.05, 0) is 37.0 Å². The third-order valence-corrected chi connectivity index (χ3v) is 4.72. The molecule has 1 aromatic heterocycles. The largest absolute Gasteiger partial charge is 0.381 e. The summed E-state index contributed by atoms with van der Waals surface area (Å²) in [6.45, 7) is 3.41. The predicted octanol–water partition coefficient (Wildman–Crippen LogP) is 3.11. The van der Waals surface area contributed by atoms with E-state index in [0.717, 1.165) is 31.5 Å².